The van der Waals surface area contributed by atoms with E-state index in [1.807, 2.05) is 25.1 Å². The molecule has 2 saturated heterocycles. The normalized spacial score (nSPS) is 25.8. The number of amides is 1. The van der Waals surface area contributed by atoms with Gasteiger partial charge in [0.25, 0.3) is 0 Å². The van der Waals surface area contributed by atoms with Crippen LogP contribution in [0.4, 0.5) is 5.69 Å². The van der Waals surface area contributed by atoms with Crippen molar-refractivity contribution in [2.45, 2.75) is 25.5 Å². The van der Waals surface area contributed by atoms with Gasteiger partial charge in [-0.3, -0.25) is 4.79 Å². The first-order valence-electron chi connectivity index (χ1n) is 9.21. The van der Waals surface area contributed by atoms with Gasteiger partial charge in [0, 0.05) is 50.1 Å². The molecule has 7 nitrogen and oxygen atoms in total. The van der Waals surface area contributed by atoms with Gasteiger partial charge in [-0.2, -0.15) is 0 Å². The van der Waals surface area contributed by atoms with E-state index in [2.05, 4.69) is 15.5 Å². The summed E-state index contributed by atoms with van der Waals surface area (Å²) in [7, 11) is 3.32. The summed E-state index contributed by atoms with van der Waals surface area (Å²) < 4.78 is 16.3. The second-order valence-electron chi connectivity index (χ2n) is 6.92. The fourth-order valence-corrected chi connectivity index (χ4v) is 3.59. The number of carbonyl (C=O) groups excluding carboxylic acids is 1. The van der Waals surface area contributed by atoms with Crippen molar-refractivity contribution in [2.75, 3.05) is 51.9 Å². The van der Waals surface area contributed by atoms with Crippen LogP contribution in [0.25, 0.3) is 0 Å². The number of rotatable bonds is 6. The lowest BCUT2D eigenvalue weighted by Crippen LogP contribution is -2.56. The zero-order valence-corrected chi connectivity index (χ0v) is 15.8. The minimum absolute atomic E-state index is 0.0266. The van der Waals surface area contributed by atoms with E-state index < -0.39 is 0 Å². The molecule has 0 saturated carbocycles. The van der Waals surface area contributed by atoms with E-state index in [1.54, 1.807) is 14.2 Å². The SMILES string of the molecule is COc1cc(OC)cc(N2CCC(CNC(=O)[C@H]3NCCO[C@@H]3C)C2)c1. The second-order valence-corrected chi connectivity index (χ2v) is 6.92. The van der Waals surface area contributed by atoms with Crippen LogP contribution < -0.4 is 25.0 Å². The molecule has 2 aliphatic rings. The summed E-state index contributed by atoms with van der Waals surface area (Å²) in [6, 6.07) is 5.66. The highest BCUT2D eigenvalue weighted by Crippen LogP contribution is 2.31. The van der Waals surface area contributed by atoms with Gasteiger partial charge in [-0.25, -0.2) is 0 Å². The van der Waals surface area contributed by atoms with Crippen molar-refractivity contribution in [1.29, 1.82) is 0 Å². The summed E-state index contributed by atoms with van der Waals surface area (Å²) in [6.45, 7) is 5.86. The number of hydrogen-bond donors (Lipinski definition) is 2. The Hall–Kier alpha value is -1.99. The van der Waals surface area contributed by atoms with Crippen LogP contribution in [0.15, 0.2) is 18.2 Å². The molecule has 144 valence electrons. The summed E-state index contributed by atoms with van der Waals surface area (Å²) >= 11 is 0. The van der Waals surface area contributed by atoms with Crippen LogP contribution in [0, 0.1) is 5.92 Å². The first-order valence-corrected chi connectivity index (χ1v) is 9.21. The minimum Gasteiger partial charge on any atom is -0.497 e. The highest BCUT2D eigenvalue weighted by atomic mass is 16.5. The first kappa shape index (κ1) is 18.8. The van der Waals surface area contributed by atoms with Crippen LogP contribution in [0.2, 0.25) is 0 Å². The Morgan fingerprint density at radius 1 is 1.31 bits per heavy atom. The number of hydrogen-bond acceptors (Lipinski definition) is 6. The van der Waals surface area contributed by atoms with Gasteiger partial charge in [0.05, 0.1) is 26.9 Å². The van der Waals surface area contributed by atoms with Crippen molar-refractivity contribution in [3.05, 3.63) is 18.2 Å². The van der Waals surface area contributed by atoms with Crippen molar-refractivity contribution in [3.8, 4) is 11.5 Å². The van der Waals surface area contributed by atoms with Crippen LogP contribution >= 0.6 is 0 Å². The van der Waals surface area contributed by atoms with Gasteiger partial charge in [-0.1, -0.05) is 0 Å². The van der Waals surface area contributed by atoms with Gasteiger partial charge < -0.3 is 29.7 Å². The smallest absolute Gasteiger partial charge is 0.239 e. The number of nitrogens with one attached hydrogen (secondary N) is 2. The molecule has 1 aromatic carbocycles. The third-order valence-electron chi connectivity index (χ3n) is 5.15. The van der Waals surface area contributed by atoms with E-state index >= 15 is 0 Å². The second kappa shape index (κ2) is 8.60. The molecule has 1 amide bonds. The molecular weight excluding hydrogens is 334 g/mol. The summed E-state index contributed by atoms with van der Waals surface area (Å²) in [5.74, 6) is 2.02. The van der Waals surface area contributed by atoms with Gasteiger partial charge in [-0.15, -0.1) is 0 Å². The van der Waals surface area contributed by atoms with E-state index in [4.69, 9.17) is 14.2 Å². The fourth-order valence-electron chi connectivity index (χ4n) is 3.59. The van der Waals surface area contributed by atoms with Crippen LogP contribution in [-0.4, -0.2) is 65.1 Å². The average molecular weight is 363 g/mol. The molecule has 0 aliphatic carbocycles. The summed E-state index contributed by atoms with van der Waals surface area (Å²) in [4.78, 5) is 14.7. The van der Waals surface area contributed by atoms with Crippen LogP contribution in [0.1, 0.15) is 13.3 Å². The predicted octanol–water partition coefficient (Wildman–Crippen LogP) is 1.02. The van der Waals surface area contributed by atoms with Crippen molar-refractivity contribution in [2.24, 2.45) is 5.92 Å². The number of benzene rings is 1. The summed E-state index contributed by atoms with van der Waals surface area (Å²) in [6.07, 6.45) is 0.956. The third-order valence-corrected chi connectivity index (χ3v) is 5.15. The lowest BCUT2D eigenvalue weighted by atomic mass is 10.1. The molecule has 0 radical (unpaired) electrons. The monoisotopic (exact) mass is 363 g/mol. The van der Waals surface area contributed by atoms with Crippen molar-refractivity contribution >= 4 is 11.6 Å². The topological polar surface area (TPSA) is 72.1 Å². The van der Waals surface area contributed by atoms with E-state index in [0.717, 1.165) is 43.2 Å². The fraction of sp³-hybridized carbons (Fsp3) is 0.632. The standard InChI is InChI=1S/C19H29N3O4/c1-13-18(20-5-7-26-13)19(23)21-11-14-4-6-22(12-14)15-8-16(24-2)10-17(9-15)25-3/h8-10,13-14,18,20H,4-7,11-12H2,1-3H3,(H,21,23)/t13-,14?,18+/m1/s1. The maximum absolute atomic E-state index is 12.4. The lowest BCUT2D eigenvalue weighted by molar-refractivity contribution is -0.129. The zero-order valence-electron chi connectivity index (χ0n) is 15.8. The lowest BCUT2D eigenvalue weighted by Gasteiger charge is -2.29. The summed E-state index contributed by atoms with van der Waals surface area (Å²) in [5.41, 5.74) is 1.09. The Labute approximate surface area is 155 Å². The number of nitrogens with zero attached hydrogens (tertiary/aromatic N) is 1. The molecule has 0 aromatic heterocycles. The molecule has 2 fully saturated rings. The highest BCUT2D eigenvalue weighted by molar-refractivity contribution is 5.82. The number of anilines is 1. The van der Waals surface area contributed by atoms with Crippen molar-refractivity contribution in [3.63, 3.8) is 0 Å². The Balaban J connectivity index is 1.53. The maximum Gasteiger partial charge on any atom is 0.239 e. The molecule has 0 spiro atoms. The first-order chi connectivity index (χ1) is 12.6. The average Bonchev–Trinajstić information content (AvgIpc) is 3.15. The molecule has 7 heteroatoms. The molecule has 2 N–H and O–H groups in total. The molecule has 2 aliphatic heterocycles. The molecule has 2 heterocycles. The largest absolute Gasteiger partial charge is 0.497 e. The third kappa shape index (κ3) is 4.40. The van der Waals surface area contributed by atoms with Gasteiger partial charge in [0.2, 0.25) is 5.91 Å². The van der Waals surface area contributed by atoms with Gasteiger partial charge >= 0.3 is 0 Å². The van der Waals surface area contributed by atoms with Crippen LogP contribution in [0.5, 0.6) is 11.5 Å². The molecule has 26 heavy (non-hydrogen) atoms. The van der Waals surface area contributed by atoms with E-state index in [0.29, 0.717) is 19.1 Å². The van der Waals surface area contributed by atoms with E-state index in [1.165, 1.54) is 0 Å². The Bertz CT molecular complexity index is 603. The number of morpholine rings is 1. The van der Waals surface area contributed by atoms with E-state index in [-0.39, 0.29) is 18.1 Å². The maximum atomic E-state index is 12.4. The molecule has 0 bridgehead atoms. The van der Waals surface area contributed by atoms with Gasteiger partial charge in [0.15, 0.2) is 0 Å². The highest BCUT2D eigenvalue weighted by Gasteiger charge is 2.30. The number of methoxy groups -OCH3 is 2. The zero-order chi connectivity index (χ0) is 18.5. The molecular formula is C19H29N3O4. The quantitative estimate of drug-likeness (QED) is 0.786. The predicted molar refractivity (Wildman–Crippen MR) is 100 cm³/mol. The Morgan fingerprint density at radius 3 is 2.69 bits per heavy atom. The molecule has 3 atom stereocenters. The molecule has 3 rings (SSSR count). The Morgan fingerprint density at radius 2 is 2.04 bits per heavy atom. The summed E-state index contributed by atoms with van der Waals surface area (Å²) in [5, 5.41) is 6.31. The van der Waals surface area contributed by atoms with E-state index in [9.17, 15) is 4.79 Å². The van der Waals surface area contributed by atoms with Crippen molar-refractivity contribution in [1.82, 2.24) is 10.6 Å². The minimum atomic E-state index is -0.260. The number of ether oxygens (including phenoxy) is 3. The van der Waals surface area contributed by atoms with Crippen LogP contribution in [-0.2, 0) is 9.53 Å². The van der Waals surface area contributed by atoms with Gasteiger partial charge in [-0.05, 0) is 19.3 Å². The van der Waals surface area contributed by atoms with Crippen molar-refractivity contribution < 1.29 is 19.0 Å². The molecule has 1 aromatic rings. The Kier molecular flexibility index (Phi) is 6.21. The number of carbonyl (C=O) groups is 1. The van der Waals surface area contributed by atoms with Crippen LogP contribution in [0.3, 0.4) is 0 Å². The molecule has 1 unspecified atom stereocenters. The van der Waals surface area contributed by atoms with Gasteiger partial charge in [0.1, 0.15) is 17.5 Å².